The first-order chi connectivity index (χ1) is 7.60. The van der Waals surface area contributed by atoms with Crippen LogP contribution in [0.5, 0.6) is 5.75 Å². The van der Waals surface area contributed by atoms with E-state index in [2.05, 4.69) is 4.74 Å². The molecule has 3 nitrogen and oxygen atoms in total. The zero-order valence-electron chi connectivity index (χ0n) is 9.15. The summed E-state index contributed by atoms with van der Waals surface area (Å²) < 4.78 is 63.4. The molecule has 0 fully saturated rings. The van der Waals surface area contributed by atoms with Crippen molar-refractivity contribution in [3.63, 3.8) is 0 Å². The van der Waals surface area contributed by atoms with Crippen LogP contribution in [0.2, 0.25) is 0 Å². The standard InChI is InChI=1S/C10H11F3O3S/c1-7(10(11,12)13)16-8-3-5-9(6-4-8)17(2,14)15/h3-7H,1-2H3/t7-/m1/s1. The minimum absolute atomic E-state index is 0.0257. The average molecular weight is 268 g/mol. The first-order valence-electron chi connectivity index (χ1n) is 4.64. The maximum Gasteiger partial charge on any atom is 0.425 e. The molecule has 0 aliphatic carbocycles. The van der Waals surface area contributed by atoms with Gasteiger partial charge in [0, 0.05) is 6.26 Å². The van der Waals surface area contributed by atoms with Crippen molar-refractivity contribution in [2.24, 2.45) is 0 Å². The lowest BCUT2D eigenvalue weighted by molar-refractivity contribution is -0.189. The highest BCUT2D eigenvalue weighted by Gasteiger charge is 2.38. The Hall–Kier alpha value is -1.24. The number of halogens is 3. The number of sulfone groups is 1. The number of hydrogen-bond donors (Lipinski definition) is 0. The number of ether oxygens (including phenoxy) is 1. The molecule has 0 saturated carbocycles. The third kappa shape index (κ3) is 3.92. The number of rotatable bonds is 3. The normalized spacial score (nSPS) is 14.4. The molecule has 0 unspecified atom stereocenters. The lowest BCUT2D eigenvalue weighted by Gasteiger charge is -2.17. The summed E-state index contributed by atoms with van der Waals surface area (Å²) in [7, 11) is -3.35. The molecule has 0 saturated heterocycles. The molecule has 0 N–H and O–H groups in total. The van der Waals surface area contributed by atoms with Crippen LogP contribution in [0.1, 0.15) is 6.92 Å². The first kappa shape index (κ1) is 13.8. The van der Waals surface area contributed by atoms with Gasteiger partial charge in [0.15, 0.2) is 15.9 Å². The van der Waals surface area contributed by atoms with Crippen LogP contribution in [-0.2, 0) is 9.84 Å². The summed E-state index contributed by atoms with van der Waals surface area (Å²) >= 11 is 0. The number of hydrogen-bond acceptors (Lipinski definition) is 3. The summed E-state index contributed by atoms with van der Waals surface area (Å²) in [5.41, 5.74) is 0. The van der Waals surface area contributed by atoms with E-state index in [1.807, 2.05) is 0 Å². The highest BCUT2D eigenvalue weighted by Crippen LogP contribution is 2.25. The maximum absolute atomic E-state index is 12.2. The number of alkyl halides is 3. The predicted octanol–water partition coefficient (Wildman–Crippen LogP) is 2.42. The second-order valence-corrected chi connectivity index (χ2v) is 5.56. The third-order valence-corrected chi connectivity index (χ3v) is 3.15. The van der Waals surface area contributed by atoms with Crippen molar-refractivity contribution in [1.82, 2.24) is 0 Å². The van der Waals surface area contributed by atoms with Gasteiger partial charge in [-0.3, -0.25) is 0 Å². The lowest BCUT2D eigenvalue weighted by Crippen LogP contribution is -2.31. The van der Waals surface area contributed by atoms with Gasteiger partial charge < -0.3 is 4.74 Å². The van der Waals surface area contributed by atoms with E-state index in [4.69, 9.17) is 0 Å². The monoisotopic (exact) mass is 268 g/mol. The van der Waals surface area contributed by atoms with Crippen LogP contribution in [0.4, 0.5) is 13.2 Å². The summed E-state index contributed by atoms with van der Waals surface area (Å²) in [5, 5.41) is 0. The molecule has 0 aromatic heterocycles. The van der Waals surface area contributed by atoms with E-state index in [9.17, 15) is 21.6 Å². The Kier molecular flexibility index (Phi) is 3.71. The maximum atomic E-state index is 12.2. The molecule has 1 rings (SSSR count). The van der Waals surface area contributed by atoms with Gasteiger partial charge in [-0.2, -0.15) is 13.2 Å². The quantitative estimate of drug-likeness (QED) is 0.845. The van der Waals surface area contributed by atoms with Gasteiger partial charge in [0.1, 0.15) is 5.75 Å². The molecular formula is C10H11F3O3S. The fourth-order valence-electron chi connectivity index (χ4n) is 1.04. The Morgan fingerprint density at radius 2 is 1.65 bits per heavy atom. The molecule has 0 aliphatic heterocycles. The molecule has 0 heterocycles. The van der Waals surface area contributed by atoms with E-state index in [0.717, 1.165) is 13.2 Å². The summed E-state index contributed by atoms with van der Waals surface area (Å²) in [6, 6.07) is 4.79. The third-order valence-electron chi connectivity index (χ3n) is 2.03. The van der Waals surface area contributed by atoms with E-state index < -0.39 is 22.1 Å². The Labute approximate surface area is 97.1 Å². The van der Waals surface area contributed by atoms with Crippen LogP contribution >= 0.6 is 0 Å². The van der Waals surface area contributed by atoms with E-state index >= 15 is 0 Å². The minimum atomic E-state index is -4.45. The minimum Gasteiger partial charge on any atom is -0.481 e. The van der Waals surface area contributed by atoms with Gasteiger partial charge in [0.05, 0.1) is 4.90 Å². The molecule has 7 heteroatoms. The average Bonchev–Trinajstić information content (AvgIpc) is 2.15. The van der Waals surface area contributed by atoms with Crippen LogP contribution < -0.4 is 4.74 Å². The van der Waals surface area contributed by atoms with Crippen molar-refractivity contribution in [2.45, 2.75) is 24.1 Å². The molecule has 0 radical (unpaired) electrons. The zero-order chi connectivity index (χ0) is 13.3. The summed E-state index contributed by atoms with van der Waals surface area (Å²) in [6.45, 7) is 0.879. The second kappa shape index (κ2) is 4.56. The van der Waals surface area contributed by atoms with Gasteiger partial charge in [-0.15, -0.1) is 0 Å². The molecule has 0 spiro atoms. The van der Waals surface area contributed by atoms with Gasteiger partial charge in [-0.1, -0.05) is 0 Å². The van der Waals surface area contributed by atoms with Crippen molar-refractivity contribution in [3.8, 4) is 5.75 Å². The Bertz CT molecular complexity index is 477. The molecule has 17 heavy (non-hydrogen) atoms. The van der Waals surface area contributed by atoms with Crippen LogP contribution in [-0.4, -0.2) is 27.0 Å². The van der Waals surface area contributed by atoms with Crippen LogP contribution in [0.3, 0.4) is 0 Å². The molecule has 0 aliphatic rings. The van der Waals surface area contributed by atoms with Crippen molar-refractivity contribution < 1.29 is 26.3 Å². The van der Waals surface area contributed by atoms with Crippen LogP contribution in [0, 0.1) is 0 Å². The SMILES string of the molecule is C[C@@H](Oc1ccc(S(C)(=O)=O)cc1)C(F)(F)F. The molecule has 0 amide bonds. The van der Waals surface area contributed by atoms with Gasteiger partial charge in [-0.25, -0.2) is 8.42 Å². The summed E-state index contributed by atoms with van der Waals surface area (Å²) in [6.07, 6.45) is -5.37. The summed E-state index contributed by atoms with van der Waals surface area (Å²) in [4.78, 5) is 0.0320. The molecule has 0 bridgehead atoms. The van der Waals surface area contributed by atoms with E-state index in [-0.39, 0.29) is 10.6 Å². The van der Waals surface area contributed by atoms with Gasteiger partial charge in [0.2, 0.25) is 0 Å². The highest BCUT2D eigenvalue weighted by molar-refractivity contribution is 7.90. The molecule has 1 aromatic rings. The van der Waals surface area contributed by atoms with Crippen molar-refractivity contribution >= 4 is 9.84 Å². The number of benzene rings is 1. The van der Waals surface area contributed by atoms with E-state index in [1.165, 1.54) is 24.3 Å². The van der Waals surface area contributed by atoms with Crippen LogP contribution in [0.25, 0.3) is 0 Å². The van der Waals surface area contributed by atoms with Crippen molar-refractivity contribution in [1.29, 1.82) is 0 Å². The van der Waals surface area contributed by atoms with Gasteiger partial charge in [-0.05, 0) is 31.2 Å². The smallest absolute Gasteiger partial charge is 0.425 e. The largest absolute Gasteiger partial charge is 0.481 e. The highest BCUT2D eigenvalue weighted by atomic mass is 32.2. The molecule has 1 aromatic carbocycles. The van der Waals surface area contributed by atoms with Gasteiger partial charge >= 0.3 is 6.18 Å². The van der Waals surface area contributed by atoms with E-state index in [1.54, 1.807) is 0 Å². The topological polar surface area (TPSA) is 43.4 Å². The summed E-state index contributed by atoms with van der Waals surface area (Å²) in [5.74, 6) is -0.0257. The molecule has 96 valence electrons. The Morgan fingerprint density at radius 1 is 1.18 bits per heavy atom. The Balaban J connectivity index is 2.83. The lowest BCUT2D eigenvalue weighted by atomic mass is 10.3. The molecular weight excluding hydrogens is 257 g/mol. The van der Waals surface area contributed by atoms with Gasteiger partial charge in [0.25, 0.3) is 0 Å². The van der Waals surface area contributed by atoms with Crippen molar-refractivity contribution in [2.75, 3.05) is 6.26 Å². The Morgan fingerprint density at radius 3 is 2.00 bits per heavy atom. The zero-order valence-corrected chi connectivity index (χ0v) is 9.97. The van der Waals surface area contributed by atoms with E-state index in [0.29, 0.717) is 0 Å². The second-order valence-electron chi connectivity index (χ2n) is 3.55. The van der Waals surface area contributed by atoms with Crippen LogP contribution in [0.15, 0.2) is 29.2 Å². The predicted molar refractivity (Wildman–Crippen MR) is 55.7 cm³/mol. The fraction of sp³-hybridized carbons (Fsp3) is 0.400. The first-order valence-corrected chi connectivity index (χ1v) is 6.53. The molecule has 1 atom stereocenters. The fourth-order valence-corrected chi connectivity index (χ4v) is 1.67. The van der Waals surface area contributed by atoms with Crippen molar-refractivity contribution in [3.05, 3.63) is 24.3 Å².